The van der Waals surface area contributed by atoms with E-state index in [1.807, 2.05) is 19.2 Å². The van der Waals surface area contributed by atoms with Crippen molar-refractivity contribution in [2.75, 3.05) is 12.1 Å². The minimum Gasteiger partial charge on any atom is -0.313 e. The van der Waals surface area contributed by atoms with E-state index in [-0.39, 0.29) is 0 Å². The lowest BCUT2D eigenvalue weighted by Gasteiger charge is -2.39. The summed E-state index contributed by atoms with van der Waals surface area (Å²) in [6.07, 6.45) is 12.2. The zero-order valence-electron chi connectivity index (χ0n) is 15.8. The Morgan fingerprint density at radius 3 is 2.08 bits per heavy atom. The van der Waals surface area contributed by atoms with Crippen LogP contribution in [0, 0.1) is 6.92 Å². The predicted octanol–water partition coefficient (Wildman–Crippen LogP) is 5.70. The van der Waals surface area contributed by atoms with Crippen LogP contribution >= 0.6 is 7.59 Å². The number of hydrogen-bond acceptors (Lipinski definition) is 1. The Balaban J connectivity index is 1.78. The van der Waals surface area contributed by atoms with E-state index in [4.69, 9.17) is 0 Å². The van der Waals surface area contributed by atoms with E-state index in [1.165, 1.54) is 44.1 Å². The van der Waals surface area contributed by atoms with Crippen LogP contribution in [0.5, 0.6) is 0 Å². The van der Waals surface area contributed by atoms with Crippen molar-refractivity contribution in [1.82, 2.24) is 9.76 Å². The highest BCUT2D eigenvalue weighted by Gasteiger charge is 2.36. The molecule has 2 aliphatic rings. The molecule has 0 amide bonds. The fourth-order valence-corrected chi connectivity index (χ4v) is 6.52. The molecule has 140 valence electrons. The van der Waals surface area contributed by atoms with Crippen molar-refractivity contribution >= 4 is 13.3 Å². The Morgan fingerprint density at radius 2 is 1.48 bits per heavy atom. The van der Waals surface area contributed by atoms with Gasteiger partial charge in [0.2, 0.25) is 0 Å². The largest absolute Gasteiger partial charge is 0.313 e. The summed E-state index contributed by atoms with van der Waals surface area (Å²) in [5.74, 6) is 0. The molecule has 4 nitrogen and oxygen atoms in total. The number of benzene rings is 1. The standard InChI is InChI=1S/C20H34N3OP/c1-17-13-15-19(16-14-17)22-25(24,21-18-9-5-3-6-10-18)23(2)20-11-7-4-8-12-20/h13-16,18,20H,3-12H2,1-2H3,(H2,21,22,24)/t25-/m0/s1. The number of aryl methyl sites for hydroxylation is 1. The van der Waals surface area contributed by atoms with Crippen LogP contribution in [0.2, 0.25) is 0 Å². The molecule has 25 heavy (non-hydrogen) atoms. The fraction of sp³-hybridized carbons (Fsp3) is 0.700. The van der Waals surface area contributed by atoms with Crippen LogP contribution in [0.15, 0.2) is 24.3 Å². The van der Waals surface area contributed by atoms with E-state index in [1.54, 1.807) is 0 Å². The quantitative estimate of drug-likeness (QED) is 0.636. The Hall–Kier alpha value is -0.830. The van der Waals surface area contributed by atoms with Crippen molar-refractivity contribution in [1.29, 1.82) is 0 Å². The van der Waals surface area contributed by atoms with E-state index in [0.29, 0.717) is 12.1 Å². The van der Waals surface area contributed by atoms with Gasteiger partial charge in [0.15, 0.2) is 0 Å². The van der Waals surface area contributed by atoms with Crippen molar-refractivity contribution in [2.45, 2.75) is 83.2 Å². The molecule has 2 fully saturated rings. The number of rotatable bonds is 6. The molecular weight excluding hydrogens is 329 g/mol. The first-order chi connectivity index (χ1) is 12.1. The second-order valence-corrected chi connectivity index (χ2v) is 10.1. The molecule has 2 aliphatic carbocycles. The molecule has 0 aliphatic heterocycles. The summed E-state index contributed by atoms with van der Waals surface area (Å²) < 4.78 is 16.2. The van der Waals surface area contributed by atoms with Gasteiger partial charge in [0.25, 0.3) is 0 Å². The molecule has 0 heterocycles. The Morgan fingerprint density at radius 1 is 0.920 bits per heavy atom. The van der Waals surface area contributed by atoms with Crippen molar-refractivity contribution < 1.29 is 4.57 Å². The van der Waals surface area contributed by atoms with E-state index in [9.17, 15) is 4.57 Å². The van der Waals surface area contributed by atoms with Crippen LogP contribution in [-0.4, -0.2) is 23.8 Å². The van der Waals surface area contributed by atoms with Gasteiger partial charge < -0.3 is 5.09 Å². The fourth-order valence-electron chi connectivity index (χ4n) is 4.17. The summed E-state index contributed by atoms with van der Waals surface area (Å²) in [7, 11) is -0.802. The molecule has 1 aromatic carbocycles. The molecule has 1 atom stereocenters. The van der Waals surface area contributed by atoms with Crippen LogP contribution in [0.3, 0.4) is 0 Å². The van der Waals surface area contributed by atoms with E-state index in [0.717, 1.165) is 31.4 Å². The molecule has 0 spiro atoms. The normalized spacial score (nSPS) is 22.7. The molecule has 0 aromatic heterocycles. The highest BCUT2D eigenvalue weighted by Crippen LogP contribution is 2.49. The lowest BCUT2D eigenvalue weighted by molar-refractivity contribution is 0.277. The Bertz CT molecular complexity index is 577. The second-order valence-electron chi connectivity index (χ2n) is 7.88. The molecule has 2 saturated carbocycles. The summed E-state index contributed by atoms with van der Waals surface area (Å²) in [6, 6.07) is 9.01. The highest BCUT2D eigenvalue weighted by molar-refractivity contribution is 7.61. The van der Waals surface area contributed by atoms with Gasteiger partial charge >= 0.3 is 7.59 Å². The summed E-state index contributed by atoms with van der Waals surface area (Å²) in [4.78, 5) is 0. The van der Waals surface area contributed by atoms with Gasteiger partial charge in [-0.15, -0.1) is 0 Å². The molecule has 5 heteroatoms. The maximum atomic E-state index is 14.0. The monoisotopic (exact) mass is 363 g/mol. The first-order valence-corrected chi connectivity index (χ1v) is 11.7. The molecule has 3 rings (SSSR count). The maximum absolute atomic E-state index is 14.0. The molecule has 2 N–H and O–H groups in total. The molecular formula is C20H34N3OP. The van der Waals surface area contributed by atoms with Gasteiger partial charge in [-0.1, -0.05) is 56.2 Å². The summed E-state index contributed by atoms with van der Waals surface area (Å²) in [6.45, 7) is 2.08. The van der Waals surface area contributed by atoms with Crippen LogP contribution in [-0.2, 0) is 4.57 Å². The van der Waals surface area contributed by atoms with Crippen LogP contribution in [0.4, 0.5) is 5.69 Å². The SMILES string of the molecule is Cc1ccc(N[P@@](=O)(NC2CCCCC2)N(C)C2CCCCC2)cc1. The smallest absolute Gasteiger partial charge is 0.306 e. The minimum absolute atomic E-state index is 0.364. The van der Waals surface area contributed by atoms with Crippen LogP contribution < -0.4 is 10.2 Å². The van der Waals surface area contributed by atoms with Gasteiger partial charge in [-0.3, -0.25) is 4.57 Å². The predicted molar refractivity (Wildman–Crippen MR) is 107 cm³/mol. The molecule has 1 aromatic rings. The summed E-state index contributed by atoms with van der Waals surface area (Å²) in [5, 5.41) is 6.96. The number of nitrogens with zero attached hydrogens (tertiary/aromatic N) is 1. The first-order valence-electron chi connectivity index (χ1n) is 10.0. The number of anilines is 1. The minimum atomic E-state index is -2.85. The lowest BCUT2D eigenvalue weighted by Crippen LogP contribution is -2.41. The van der Waals surface area contributed by atoms with E-state index >= 15 is 0 Å². The number of hydrogen-bond donors (Lipinski definition) is 2. The zero-order valence-corrected chi connectivity index (χ0v) is 16.7. The third-order valence-electron chi connectivity index (χ3n) is 5.84. The number of nitrogens with one attached hydrogen (secondary N) is 2. The van der Waals surface area contributed by atoms with Gasteiger partial charge in [-0.2, -0.15) is 0 Å². The van der Waals surface area contributed by atoms with Gasteiger partial charge in [0.1, 0.15) is 0 Å². The maximum Gasteiger partial charge on any atom is 0.306 e. The van der Waals surface area contributed by atoms with Gasteiger partial charge in [0.05, 0.1) is 0 Å². The summed E-state index contributed by atoms with van der Waals surface area (Å²) in [5.41, 5.74) is 2.17. The van der Waals surface area contributed by atoms with E-state index < -0.39 is 7.59 Å². The Labute approximate surface area is 153 Å². The second kappa shape index (κ2) is 8.70. The summed E-state index contributed by atoms with van der Waals surface area (Å²) >= 11 is 0. The van der Waals surface area contributed by atoms with Crippen molar-refractivity contribution in [3.8, 4) is 0 Å². The van der Waals surface area contributed by atoms with Gasteiger partial charge in [-0.25, -0.2) is 9.76 Å². The van der Waals surface area contributed by atoms with E-state index in [2.05, 4.69) is 33.9 Å². The zero-order chi connectivity index (χ0) is 17.7. The molecule has 0 unspecified atom stereocenters. The van der Waals surface area contributed by atoms with Gasteiger partial charge in [-0.05, 0) is 51.8 Å². The van der Waals surface area contributed by atoms with Crippen LogP contribution in [0.1, 0.15) is 69.8 Å². The molecule has 0 saturated heterocycles. The average molecular weight is 363 g/mol. The third kappa shape index (κ3) is 5.09. The highest BCUT2D eigenvalue weighted by atomic mass is 31.2. The van der Waals surface area contributed by atoms with Crippen molar-refractivity contribution in [3.63, 3.8) is 0 Å². The van der Waals surface area contributed by atoms with Crippen molar-refractivity contribution in [2.24, 2.45) is 0 Å². The Kier molecular flexibility index (Phi) is 6.60. The topological polar surface area (TPSA) is 44.4 Å². The first kappa shape index (κ1) is 18.9. The molecule has 0 radical (unpaired) electrons. The van der Waals surface area contributed by atoms with Gasteiger partial charge in [0, 0.05) is 17.8 Å². The average Bonchev–Trinajstić information content (AvgIpc) is 2.64. The lowest BCUT2D eigenvalue weighted by atomic mass is 9.96. The van der Waals surface area contributed by atoms with Crippen LogP contribution in [0.25, 0.3) is 0 Å². The molecule has 0 bridgehead atoms. The van der Waals surface area contributed by atoms with Crippen molar-refractivity contribution in [3.05, 3.63) is 29.8 Å². The third-order valence-corrected chi connectivity index (χ3v) is 8.33.